The minimum Gasteiger partial charge on any atom is -0.364 e. The summed E-state index contributed by atoms with van der Waals surface area (Å²) in [5, 5.41) is 0. The molecule has 0 amide bonds. The van der Waals surface area contributed by atoms with Crippen molar-refractivity contribution in [2.75, 3.05) is 26.2 Å². The summed E-state index contributed by atoms with van der Waals surface area (Å²) in [6, 6.07) is 21.2. The third-order valence-electron chi connectivity index (χ3n) is 6.73. The highest BCUT2D eigenvalue weighted by Crippen LogP contribution is 2.24. The van der Waals surface area contributed by atoms with Crippen LogP contribution in [0.2, 0.25) is 0 Å². The lowest BCUT2D eigenvalue weighted by Crippen LogP contribution is -2.39. The van der Waals surface area contributed by atoms with Gasteiger partial charge in [0.1, 0.15) is 0 Å². The van der Waals surface area contributed by atoms with Gasteiger partial charge in [0.25, 0.3) is 0 Å². The predicted octanol–water partition coefficient (Wildman–Crippen LogP) is 5.68. The Morgan fingerprint density at radius 2 is 1.82 bits per heavy atom. The Morgan fingerprint density at radius 1 is 1.00 bits per heavy atom. The van der Waals surface area contributed by atoms with Crippen LogP contribution in [-0.4, -0.2) is 45.9 Å². The second-order valence-corrected chi connectivity index (χ2v) is 8.97. The standard InChI is InChI=1S/C29H36N4/c1-2-29(27-11-8-17-30-23-27)33(24-28-12-6-7-18-31-28)22-21-32-19-15-26(16-20-32)14-13-25-9-4-3-5-10-25/h2-12,17-18,23,26H,13-16,19-22,24H2,1H3/b29-2-. The molecule has 2 aromatic heterocycles. The van der Waals surface area contributed by atoms with Gasteiger partial charge in [0.05, 0.1) is 12.2 Å². The van der Waals surface area contributed by atoms with Crippen molar-refractivity contribution < 1.29 is 0 Å². The number of aromatic nitrogens is 2. The molecule has 4 rings (SSSR count). The zero-order chi connectivity index (χ0) is 22.7. The molecule has 1 fully saturated rings. The molecule has 1 aliphatic heterocycles. The van der Waals surface area contributed by atoms with E-state index in [1.165, 1.54) is 50.0 Å². The van der Waals surface area contributed by atoms with E-state index in [1.54, 1.807) is 0 Å². The zero-order valence-corrected chi connectivity index (χ0v) is 19.8. The number of hydrogen-bond acceptors (Lipinski definition) is 4. The van der Waals surface area contributed by atoms with Crippen LogP contribution in [0.3, 0.4) is 0 Å². The third kappa shape index (κ3) is 7.00. The summed E-state index contributed by atoms with van der Waals surface area (Å²) in [7, 11) is 0. The summed E-state index contributed by atoms with van der Waals surface area (Å²) < 4.78 is 0. The first kappa shape index (κ1) is 23.2. The van der Waals surface area contributed by atoms with Gasteiger partial charge in [0, 0.05) is 42.9 Å². The molecule has 0 aliphatic carbocycles. The van der Waals surface area contributed by atoms with Gasteiger partial charge in [-0.3, -0.25) is 9.97 Å². The Bertz CT molecular complexity index is 964. The van der Waals surface area contributed by atoms with E-state index in [0.717, 1.165) is 36.8 Å². The maximum absolute atomic E-state index is 4.58. The largest absolute Gasteiger partial charge is 0.364 e. The summed E-state index contributed by atoms with van der Waals surface area (Å²) in [5.74, 6) is 0.854. The number of likely N-dealkylation sites (tertiary alicyclic amines) is 1. The van der Waals surface area contributed by atoms with Crippen molar-refractivity contribution in [3.63, 3.8) is 0 Å². The molecule has 4 heteroatoms. The second kappa shape index (κ2) is 12.3. The van der Waals surface area contributed by atoms with E-state index in [4.69, 9.17) is 0 Å². The van der Waals surface area contributed by atoms with Gasteiger partial charge in [-0.15, -0.1) is 0 Å². The Kier molecular flexibility index (Phi) is 8.65. The number of allylic oxidation sites excluding steroid dienone is 1. The molecule has 0 radical (unpaired) electrons. The van der Waals surface area contributed by atoms with E-state index < -0.39 is 0 Å². The van der Waals surface area contributed by atoms with Gasteiger partial charge in [-0.1, -0.05) is 42.5 Å². The van der Waals surface area contributed by atoms with E-state index in [9.17, 15) is 0 Å². The van der Waals surface area contributed by atoms with Crippen molar-refractivity contribution in [2.24, 2.45) is 5.92 Å². The molecule has 1 saturated heterocycles. The third-order valence-corrected chi connectivity index (χ3v) is 6.73. The van der Waals surface area contributed by atoms with Gasteiger partial charge in [0.2, 0.25) is 0 Å². The number of benzene rings is 1. The van der Waals surface area contributed by atoms with Gasteiger partial charge in [0.15, 0.2) is 0 Å². The average Bonchev–Trinajstić information content (AvgIpc) is 2.89. The molecule has 0 N–H and O–H groups in total. The Balaban J connectivity index is 1.32. The molecule has 3 heterocycles. The van der Waals surface area contributed by atoms with Gasteiger partial charge in [-0.05, 0) is 81.4 Å². The molecular weight excluding hydrogens is 404 g/mol. The van der Waals surface area contributed by atoms with Crippen LogP contribution in [0.5, 0.6) is 0 Å². The molecule has 0 unspecified atom stereocenters. The minimum absolute atomic E-state index is 0.808. The summed E-state index contributed by atoms with van der Waals surface area (Å²) in [6.45, 7) is 7.40. The maximum Gasteiger partial charge on any atom is 0.0602 e. The van der Waals surface area contributed by atoms with Crippen LogP contribution in [0.1, 0.15) is 43.0 Å². The van der Waals surface area contributed by atoms with Crippen LogP contribution in [0, 0.1) is 5.92 Å². The molecule has 0 bridgehead atoms. The molecule has 1 aliphatic rings. The Hall–Kier alpha value is -2.98. The van der Waals surface area contributed by atoms with E-state index in [-0.39, 0.29) is 0 Å². The molecule has 172 valence electrons. The highest BCUT2D eigenvalue weighted by Gasteiger charge is 2.20. The number of nitrogens with zero attached hydrogens (tertiary/aromatic N) is 4. The van der Waals surface area contributed by atoms with Gasteiger partial charge in [-0.25, -0.2) is 0 Å². The number of rotatable bonds is 10. The van der Waals surface area contributed by atoms with Crippen LogP contribution < -0.4 is 0 Å². The molecule has 0 saturated carbocycles. The van der Waals surface area contributed by atoms with Crippen molar-refractivity contribution in [1.29, 1.82) is 0 Å². The Labute approximate surface area is 199 Å². The summed E-state index contributed by atoms with van der Waals surface area (Å²) in [4.78, 5) is 14.0. The van der Waals surface area contributed by atoms with Crippen molar-refractivity contribution in [3.8, 4) is 0 Å². The smallest absolute Gasteiger partial charge is 0.0602 e. The van der Waals surface area contributed by atoms with E-state index in [2.05, 4.69) is 81.3 Å². The summed E-state index contributed by atoms with van der Waals surface area (Å²) in [5.41, 5.74) is 4.96. The van der Waals surface area contributed by atoms with Crippen molar-refractivity contribution in [1.82, 2.24) is 19.8 Å². The number of piperidine rings is 1. The lowest BCUT2D eigenvalue weighted by molar-refractivity contribution is 0.166. The van der Waals surface area contributed by atoms with Crippen molar-refractivity contribution in [2.45, 2.75) is 39.2 Å². The Morgan fingerprint density at radius 3 is 2.52 bits per heavy atom. The fraction of sp³-hybridized carbons (Fsp3) is 0.379. The quantitative estimate of drug-likeness (QED) is 0.406. The average molecular weight is 441 g/mol. The highest BCUT2D eigenvalue weighted by atomic mass is 15.2. The molecular formula is C29H36N4. The summed E-state index contributed by atoms with van der Waals surface area (Å²) in [6.07, 6.45) is 13.0. The monoisotopic (exact) mass is 440 g/mol. The van der Waals surface area contributed by atoms with E-state index in [1.807, 2.05) is 30.7 Å². The van der Waals surface area contributed by atoms with Crippen LogP contribution in [0.4, 0.5) is 0 Å². The van der Waals surface area contributed by atoms with Crippen LogP contribution in [0.15, 0.2) is 85.3 Å². The normalized spacial score (nSPS) is 15.5. The SMILES string of the molecule is C/C=C(/c1cccnc1)N(CCN1CCC(CCc2ccccc2)CC1)Cc1ccccn1. The van der Waals surface area contributed by atoms with Gasteiger partial charge < -0.3 is 9.80 Å². The fourth-order valence-corrected chi connectivity index (χ4v) is 4.79. The molecule has 1 aromatic carbocycles. The predicted molar refractivity (Wildman–Crippen MR) is 136 cm³/mol. The molecule has 3 aromatic rings. The topological polar surface area (TPSA) is 32.3 Å². The maximum atomic E-state index is 4.58. The lowest BCUT2D eigenvalue weighted by Gasteiger charge is -2.35. The van der Waals surface area contributed by atoms with Crippen molar-refractivity contribution in [3.05, 3.63) is 102 Å². The molecule has 4 nitrogen and oxygen atoms in total. The number of pyridine rings is 2. The molecule has 0 atom stereocenters. The van der Waals surface area contributed by atoms with E-state index in [0.29, 0.717) is 0 Å². The highest BCUT2D eigenvalue weighted by molar-refractivity contribution is 5.63. The minimum atomic E-state index is 0.808. The number of aryl methyl sites for hydroxylation is 1. The van der Waals surface area contributed by atoms with Gasteiger partial charge in [-0.2, -0.15) is 0 Å². The lowest BCUT2D eigenvalue weighted by atomic mass is 9.90. The fourth-order valence-electron chi connectivity index (χ4n) is 4.79. The first-order valence-electron chi connectivity index (χ1n) is 12.3. The molecule has 0 spiro atoms. The number of hydrogen-bond donors (Lipinski definition) is 0. The zero-order valence-electron chi connectivity index (χ0n) is 19.8. The first-order chi connectivity index (χ1) is 16.3. The van der Waals surface area contributed by atoms with Crippen molar-refractivity contribution >= 4 is 5.70 Å². The van der Waals surface area contributed by atoms with Gasteiger partial charge >= 0.3 is 0 Å². The van der Waals surface area contributed by atoms with Crippen LogP contribution >= 0.6 is 0 Å². The molecule has 33 heavy (non-hydrogen) atoms. The van der Waals surface area contributed by atoms with E-state index >= 15 is 0 Å². The summed E-state index contributed by atoms with van der Waals surface area (Å²) >= 11 is 0. The second-order valence-electron chi connectivity index (χ2n) is 8.97. The van der Waals surface area contributed by atoms with Crippen LogP contribution in [-0.2, 0) is 13.0 Å². The first-order valence-corrected chi connectivity index (χ1v) is 12.3. The van der Waals surface area contributed by atoms with Crippen LogP contribution in [0.25, 0.3) is 5.70 Å².